The summed E-state index contributed by atoms with van der Waals surface area (Å²) in [7, 11) is 0. The second kappa shape index (κ2) is 8.92. The molecule has 0 saturated carbocycles. The predicted octanol–water partition coefficient (Wildman–Crippen LogP) is 2.80. The van der Waals surface area contributed by atoms with E-state index in [0.29, 0.717) is 31.6 Å². The summed E-state index contributed by atoms with van der Waals surface area (Å²) in [5, 5.41) is 3.43. The van der Waals surface area contributed by atoms with Crippen molar-refractivity contribution in [2.75, 3.05) is 13.2 Å². The molecule has 0 aliphatic rings. The molecule has 27 heavy (non-hydrogen) atoms. The van der Waals surface area contributed by atoms with Gasteiger partial charge in [0.05, 0.1) is 18.3 Å². The lowest BCUT2D eigenvalue weighted by Crippen LogP contribution is -2.33. The van der Waals surface area contributed by atoms with Crippen molar-refractivity contribution < 1.29 is 9.53 Å². The minimum Gasteiger partial charge on any atom is -0.377 e. The van der Waals surface area contributed by atoms with Gasteiger partial charge in [-0.15, -0.1) is 11.3 Å². The first kappa shape index (κ1) is 19.3. The lowest BCUT2D eigenvalue weighted by atomic mass is 10.2. The maximum Gasteiger partial charge on any atom is 0.262 e. The lowest BCUT2D eigenvalue weighted by molar-refractivity contribution is -0.121. The standard InChI is InChI=1S/C20H23N3O3S/c1-14-15(2)27-19-18(14)20(25)23(13-22-19)11-17(24)21-9-6-10-26-12-16-7-4-3-5-8-16/h3-5,7-8,13H,6,9-12H2,1-2H3,(H,21,24). The minimum atomic E-state index is -0.203. The van der Waals surface area contributed by atoms with Gasteiger partial charge in [-0.1, -0.05) is 30.3 Å². The van der Waals surface area contributed by atoms with Crippen molar-refractivity contribution in [1.82, 2.24) is 14.9 Å². The van der Waals surface area contributed by atoms with Gasteiger partial charge in [-0.3, -0.25) is 14.2 Å². The molecule has 2 heterocycles. The van der Waals surface area contributed by atoms with Crippen LogP contribution < -0.4 is 10.9 Å². The van der Waals surface area contributed by atoms with E-state index in [2.05, 4.69) is 10.3 Å². The summed E-state index contributed by atoms with van der Waals surface area (Å²) in [6.07, 6.45) is 2.16. The topological polar surface area (TPSA) is 73.2 Å². The molecule has 0 spiro atoms. The van der Waals surface area contributed by atoms with Gasteiger partial charge in [-0.05, 0) is 31.4 Å². The van der Waals surface area contributed by atoms with Crippen LogP contribution in [0.5, 0.6) is 0 Å². The van der Waals surface area contributed by atoms with Gasteiger partial charge in [0.2, 0.25) is 5.91 Å². The maximum atomic E-state index is 12.6. The number of aromatic nitrogens is 2. The molecular formula is C20H23N3O3S. The highest BCUT2D eigenvalue weighted by molar-refractivity contribution is 7.18. The minimum absolute atomic E-state index is 0.0268. The molecule has 6 nitrogen and oxygen atoms in total. The van der Waals surface area contributed by atoms with Crippen LogP contribution in [0.4, 0.5) is 0 Å². The third kappa shape index (κ3) is 4.81. The van der Waals surface area contributed by atoms with Crippen LogP contribution in [0.1, 0.15) is 22.4 Å². The Bertz CT molecular complexity index is 979. The van der Waals surface area contributed by atoms with Gasteiger partial charge in [0.1, 0.15) is 11.4 Å². The number of aryl methyl sites for hydroxylation is 2. The van der Waals surface area contributed by atoms with Crippen LogP contribution in [0.25, 0.3) is 10.2 Å². The first-order chi connectivity index (χ1) is 13.1. The summed E-state index contributed by atoms with van der Waals surface area (Å²) in [6, 6.07) is 9.96. The fourth-order valence-electron chi connectivity index (χ4n) is 2.76. The SMILES string of the molecule is Cc1sc2ncn(CC(=O)NCCCOCc3ccccc3)c(=O)c2c1C. The summed E-state index contributed by atoms with van der Waals surface area (Å²) in [6.45, 7) is 5.50. The molecule has 7 heteroatoms. The van der Waals surface area contributed by atoms with Crippen LogP contribution in [0.15, 0.2) is 41.5 Å². The van der Waals surface area contributed by atoms with Crippen molar-refractivity contribution in [2.24, 2.45) is 0 Å². The molecular weight excluding hydrogens is 362 g/mol. The van der Waals surface area contributed by atoms with E-state index < -0.39 is 0 Å². The third-order valence-electron chi connectivity index (χ3n) is 4.37. The average Bonchev–Trinajstić information content (AvgIpc) is 2.96. The quantitative estimate of drug-likeness (QED) is 0.605. The molecule has 0 atom stereocenters. The Kier molecular flexibility index (Phi) is 6.36. The highest BCUT2D eigenvalue weighted by atomic mass is 32.1. The number of benzene rings is 1. The first-order valence-electron chi connectivity index (χ1n) is 8.90. The van der Waals surface area contributed by atoms with Gasteiger partial charge in [-0.2, -0.15) is 0 Å². The van der Waals surface area contributed by atoms with Gasteiger partial charge >= 0.3 is 0 Å². The van der Waals surface area contributed by atoms with Crippen molar-refractivity contribution in [1.29, 1.82) is 0 Å². The van der Waals surface area contributed by atoms with Gasteiger partial charge in [0.25, 0.3) is 5.56 Å². The van der Waals surface area contributed by atoms with Crippen LogP contribution in [-0.4, -0.2) is 28.6 Å². The number of rotatable bonds is 8. The fourth-order valence-corrected chi connectivity index (χ4v) is 3.75. The Hall–Kier alpha value is -2.51. The molecule has 1 aromatic carbocycles. The van der Waals surface area contributed by atoms with E-state index in [9.17, 15) is 9.59 Å². The van der Waals surface area contributed by atoms with Crippen LogP contribution in [-0.2, 0) is 22.7 Å². The van der Waals surface area contributed by atoms with Crippen molar-refractivity contribution in [3.05, 3.63) is 63.0 Å². The van der Waals surface area contributed by atoms with Crippen LogP contribution >= 0.6 is 11.3 Å². The summed E-state index contributed by atoms with van der Waals surface area (Å²) in [5.74, 6) is -0.203. The van der Waals surface area contributed by atoms with Gasteiger partial charge in [0.15, 0.2) is 0 Å². The Morgan fingerprint density at radius 2 is 2.04 bits per heavy atom. The number of carbonyl (C=O) groups excluding carboxylic acids is 1. The van der Waals surface area contributed by atoms with Crippen molar-refractivity contribution in [2.45, 2.75) is 33.4 Å². The summed E-state index contributed by atoms with van der Waals surface area (Å²) in [5.41, 5.74) is 1.91. The van der Waals surface area contributed by atoms with Gasteiger partial charge in [-0.25, -0.2) is 4.98 Å². The number of ether oxygens (including phenoxy) is 1. The summed E-state index contributed by atoms with van der Waals surface area (Å²) < 4.78 is 6.95. The lowest BCUT2D eigenvalue weighted by Gasteiger charge is -2.08. The molecule has 2 aromatic heterocycles. The molecule has 1 N–H and O–H groups in total. The zero-order valence-electron chi connectivity index (χ0n) is 15.5. The summed E-state index contributed by atoms with van der Waals surface area (Å²) >= 11 is 1.50. The number of hydrogen-bond donors (Lipinski definition) is 1. The molecule has 3 rings (SSSR count). The molecule has 0 fully saturated rings. The predicted molar refractivity (Wildman–Crippen MR) is 107 cm³/mol. The van der Waals surface area contributed by atoms with E-state index in [4.69, 9.17) is 4.74 Å². The zero-order chi connectivity index (χ0) is 19.2. The fraction of sp³-hybridized carbons (Fsp3) is 0.350. The van der Waals surface area contributed by atoms with Crippen molar-refractivity contribution in [3.63, 3.8) is 0 Å². The number of fused-ring (bicyclic) bond motifs is 1. The van der Waals surface area contributed by atoms with Gasteiger partial charge < -0.3 is 10.1 Å². The Morgan fingerprint density at radius 1 is 1.26 bits per heavy atom. The van der Waals surface area contributed by atoms with Crippen LogP contribution in [0, 0.1) is 13.8 Å². The first-order valence-corrected chi connectivity index (χ1v) is 9.71. The molecule has 3 aromatic rings. The van der Waals surface area contributed by atoms with E-state index in [-0.39, 0.29) is 18.0 Å². The van der Waals surface area contributed by atoms with Gasteiger partial charge in [0, 0.05) is 18.0 Å². The molecule has 0 saturated heterocycles. The number of hydrogen-bond acceptors (Lipinski definition) is 5. The normalized spacial score (nSPS) is 11.0. The molecule has 1 amide bonds. The molecule has 0 aliphatic carbocycles. The second-order valence-electron chi connectivity index (χ2n) is 6.38. The average molecular weight is 385 g/mol. The second-order valence-corrected chi connectivity index (χ2v) is 7.59. The van der Waals surface area contributed by atoms with E-state index in [1.165, 1.54) is 22.2 Å². The largest absolute Gasteiger partial charge is 0.377 e. The Balaban J connectivity index is 1.44. The molecule has 0 radical (unpaired) electrons. The monoisotopic (exact) mass is 385 g/mol. The zero-order valence-corrected chi connectivity index (χ0v) is 16.3. The van der Waals surface area contributed by atoms with Crippen molar-refractivity contribution >= 4 is 27.5 Å². The van der Waals surface area contributed by atoms with E-state index in [1.807, 2.05) is 44.2 Å². The Morgan fingerprint density at radius 3 is 2.81 bits per heavy atom. The number of thiophene rings is 1. The smallest absolute Gasteiger partial charge is 0.262 e. The number of nitrogens with one attached hydrogen (secondary N) is 1. The maximum absolute atomic E-state index is 12.6. The molecule has 142 valence electrons. The molecule has 0 bridgehead atoms. The summed E-state index contributed by atoms with van der Waals surface area (Å²) in [4.78, 5) is 30.8. The van der Waals surface area contributed by atoms with E-state index in [0.717, 1.165) is 20.8 Å². The Labute approximate surface area is 161 Å². The van der Waals surface area contributed by atoms with Crippen molar-refractivity contribution in [3.8, 4) is 0 Å². The number of nitrogens with zero attached hydrogens (tertiary/aromatic N) is 2. The molecule has 0 unspecified atom stereocenters. The molecule has 0 aliphatic heterocycles. The third-order valence-corrected chi connectivity index (χ3v) is 5.48. The van der Waals surface area contributed by atoms with E-state index in [1.54, 1.807) is 0 Å². The highest BCUT2D eigenvalue weighted by Crippen LogP contribution is 2.25. The van der Waals surface area contributed by atoms with Crippen LogP contribution in [0.2, 0.25) is 0 Å². The van der Waals surface area contributed by atoms with E-state index >= 15 is 0 Å². The highest BCUT2D eigenvalue weighted by Gasteiger charge is 2.13. The number of amides is 1. The number of carbonyl (C=O) groups is 1. The van der Waals surface area contributed by atoms with Crippen LogP contribution in [0.3, 0.4) is 0 Å².